The number of nitro benzene ring substituents is 1. The summed E-state index contributed by atoms with van der Waals surface area (Å²) >= 11 is 8.03. The highest BCUT2D eigenvalue weighted by Crippen LogP contribution is 2.44. The molecule has 2 aromatic heterocycles. The van der Waals surface area contributed by atoms with Crippen molar-refractivity contribution in [3.8, 4) is 11.5 Å². The SMILES string of the molecule is CC1(C)CCC(CN2CCN(c3ccc(C(=O)NS(=O)(=O)c4ccc(NCC5CCN(C6CCN(CCCSc7cccc8c7CN(C7CCC(=O)NC7=O)C8=O)CC6)CC5)c([N+](=O)[O-])c4)c(Oc4cnc5[nH]ccc5c4)c3)CC2)=C(c2ccc(Cl)cc2)C1. The van der Waals surface area contributed by atoms with Crippen LogP contribution in [0.2, 0.25) is 5.02 Å². The van der Waals surface area contributed by atoms with Gasteiger partial charge in [0.1, 0.15) is 28.9 Å². The van der Waals surface area contributed by atoms with E-state index in [0.717, 1.165) is 142 Å². The van der Waals surface area contributed by atoms with Crippen molar-refractivity contribution in [1.29, 1.82) is 0 Å². The van der Waals surface area contributed by atoms with Gasteiger partial charge in [0, 0.05) is 103 Å². The van der Waals surface area contributed by atoms with E-state index in [4.69, 9.17) is 16.3 Å². The van der Waals surface area contributed by atoms with Gasteiger partial charge in [-0.1, -0.05) is 49.2 Å². The number of likely N-dealkylation sites (tertiary alicyclic amines) is 2. The molecule has 4 saturated heterocycles. The quantitative estimate of drug-likeness (QED) is 0.0183. The number of ether oxygens (including phenoxy) is 1. The van der Waals surface area contributed by atoms with Crippen molar-refractivity contribution >= 4 is 90.7 Å². The predicted molar refractivity (Wildman–Crippen MR) is 345 cm³/mol. The number of pyridine rings is 1. The molecule has 0 bridgehead atoms. The number of thioether (sulfide) groups is 1. The Labute approximate surface area is 528 Å². The summed E-state index contributed by atoms with van der Waals surface area (Å²) in [5, 5.41) is 19.7. The highest BCUT2D eigenvalue weighted by Gasteiger charge is 2.40. The average molecular weight is 1270 g/mol. The molecule has 1 aliphatic carbocycles. The van der Waals surface area contributed by atoms with Gasteiger partial charge in [-0.05, 0) is 185 Å². The third kappa shape index (κ3) is 14.3. The smallest absolute Gasteiger partial charge is 0.293 e. The van der Waals surface area contributed by atoms with E-state index in [1.54, 1.807) is 47.1 Å². The maximum absolute atomic E-state index is 14.2. The molecule has 89 heavy (non-hydrogen) atoms. The zero-order valence-electron chi connectivity index (χ0n) is 50.3. The number of aromatic amines is 1. The molecule has 4 amide bonds. The number of carbonyl (C=O) groups excluding carboxylic acids is 4. The van der Waals surface area contributed by atoms with Crippen LogP contribution in [0.25, 0.3) is 16.6 Å². The normalized spacial score (nSPS) is 20.0. The van der Waals surface area contributed by atoms with E-state index in [1.165, 1.54) is 35.0 Å². The number of piperazine rings is 1. The monoisotopic (exact) mass is 1270 g/mol. The Bertz CT molecular complexity index is 3820. The van der Waals surface area contributed by atoms with Crippen molar-refractivity contribution < 1.29 is 37.3 Å². The van der Waals surface area contributed by atoms with E-state index in [9.17, 15) is 37.7 Å². The van der Waals surface area contributed by atoms with Gasteiger partial charge in [0.25, 0.3) is 27.5 Å². The van der Waals surface area contributed by atoms with Gasteiger partial charge in [-0.2, -0.15) is 0 Å². The van der Waals surface area contributed by atoms with Crippen LogP contribution in [0.5, 0.6) is 11.5 Å². The molecule has 6 aromatic rings. The molecule has 4 aromatic carbocycles. The topological polar surface area (TPSA) is 236 Å². The van der Waals surface area contributed by atoms with Gasteiger partial charge in [0.2, 0.25) is 11.8 Å². The van der Waals surface area contributed by atoms with Gasteiger partial charge in [-0.15, -0.1) is 11.8 Å². The van der Waals surface area contributed by atoms with Crippen LogP contribution in [0.4, 0.5) is 17.1 Å². The fourth-order valence-corrected chi connectivity index (χ4v) is 15.8. The second kappa shape index (κ2) is 26.6. The van der Waals surface area contributed by atoms with Gasteiger partial charge < -0.3 is 34.6 Å². The number of nitrogens with one attached hydrogen (secondary N) is 4. The van der Waals surface area contributed by atoms with Crippen molar-refractivity contribution in [2.45, 2.75) is 106 Å². The molecule has 5 aliphatic heterocycles. The standard InChI is InChI=1S/C66H76ClN11O9S2/c1-66(2)23-17-46(54(38-66)44-7-9-47(67)10-8-44)41-74-30-32-76(33-31-74)49-11-13-53(59(36-49)87-50-35-45-18-24-68-62(45)70-40-50)63(80)72-89(85,86)51-12-14-56(58(37-51)78(83)84)69-39-43-19-28-75(29-20-43)48-21-26-73(27-22-48)25-4-34-88-60-6-3-5-52-55(60)42-77(65(52)82)57-15-16-61(79)71-64(57)81/h3,5-14,18,24,35-37,40,43,48,57,69H,4,15-17,19-23,25-34,38-39,41-42H2,1-2H3,(H,68,70)(H,72,80)(H,71,79,81). The molecule has 12 rings (SSSR count). The Morgan fingerprint density at radius 1 is 0.888 bits per heavy atom. The van der Waals surface area contributed by atoms with Crippen LogP contribution >= 0.6 is 23.4 Å². The molecular weight excluding hydrogens is 1190 g/mol. The molecule has 4 fully saturated rings. The van der Waals surface area contributed by atoms with Gasteiger partial charge in [0.15, 0.2) is 0 Å². The van der Waals surface area contributed by atoms with E-state index in [-0.39, 0.29) is 46.6 Å². The van der Waals surface area contributed by atoms with Crippen molar-refractivity contribution in [3.63, 3.8) is 0 Å². The molecule has 6 aliphatic rings. The number of nitro groups is 1. The molecule has 0 radical (unpaired) electrons. The Morgan fingerprint density at radius 3 is 2.44 bits per heavy atom. The third-order valence-electron chi connectivity index (χ3n) is 18.8. The van der Waals surface area contributed by atoms with Gasteiger partial charge in [-0.25, -0.2) is 18.1 Å². The molecule has 23 heteroatoms. The number of nitrogens with zero attached hydrogens (tertiary/aromatic N) is 7. The number of hydrogen-bond acceptors (Lipinski definition) is 16. The molecule has 1 unspecified atom stereocenters. The van der Waals surface area contributed by atoms with Crippen molar-refractivity contribution in [2.75, 3.05) is 88.0 Å². The number of rotatable bonds is 20. The van der Waals surface area contributed by atoms with Gasteiger partial charge in [0.05, 0.1) is 21.6 Å². The molecule has 468 valence electrons. The fourth-order valence-electron chi connectivity index (χ4n) is 13.6. The number of H-pyrrole nitrogens is 1. The summed E-state index contributed by atoms with van der Waals surface area (Å²) in [7, 11) is -4.62. The molecule has 0 spiro atoms. The van der Waals surface area contributed by atoms with Crippen LogP contribution in [0.3, 0.4) is 0 Å². The second-order valence-corrected chi connectivity index (χ2v) is 28.5. The Balaban J connectivity index is 0.622. The number of halogens is 1. The van der Waals surface area contributed by atoms with E-state index >= 15 is 0 Å². The first-order chi connectivity index (χ1) is 42.9. The molecular formula is C66H76ClN11O9S2. The number of aromatic nitrogens is 2. The van der Waals surface area contributed by atoms with Crippen LogP contribution in [0.15, 0.2) is 119 Å². The molecule has 20 nitrogen and oxygen atoms in total. The number of amides is 4. The third-order valence-corrected chi connectivity index (χ3v) is 21.5. The minimum atomic E-state index is -4.62. The Morgan fingerprint density at radius 2 is 1.67 bits per heavy atom. The zero-order chi connectivity index (χ0) is 62.0. The van der Waals surface area contributed by atoms with Crippen molar-refractivity contribution in [2.24, 2.45) is 11.3 Å². The summed E-state index contributed by atoms with van der Waals surface area (Å²) in [5.41, 5.74) is 7.08. The molecule has 0 saturated carbocycles. The number of imide groups is 1. The first-order valence-electron chi connectivity index (χ1n) is 31.0. The first kappa shape index (κ1) is 61.9. The summed E-state index contributed by atoms with van der Waals surface area (Å²) in [5.74, 6) is -0.192. The fraction of sp³-hybridized carbons (Fsp3) is 0.439. The maximum Gasteiger partial charge on any atom is 0.293 e. The zero-order valence-corrected chi connectivity index (χ0v) is 52.7. The molecule has 7 heterocycles. The van der Waals surface area contributed by atoms with Crippen LogP contribution in [-0.4, -0.2) is 156 Å². The van der Waals surface area contributed by atoms with Crippen molar-refractivity contribution in [1.82, 2.24) is 39.6 Å². The number of anilines is 2. The van der Waals surface area contributed by atoms with Crippen LogP contribution in [0, 0.1) is 21.4 Å². The highest BCUT2D eigenvalue weighted by molar-refractivity contribution is 7.99. The first-order valence-corrected chi connectivity index (χ1v) is 33.9. The summed E-state index contributed by atoms with van der Waals surface area (Å²) in [6.45, 7) is 14.3. The Hall–Kier alpha value is -7.34. The predicted octanol–water partition coefficient (Wildman–Crippen LogP) is 10.4. The number of allylic oxidation sites excluding steroid dienone is 1. The van der Waals surface area contributed by atoms with Gasteiger partial charge >= 0.3 is 0 Å². The van der Waals surface area contributed by atoms with Crippen LogP contribution in [0.1, 0.15) is 110 Å². The summed E-state index contributed by atoms with van der Waals surface area (Å²) in [6, 6.07) is 26.2. The summed E-state index contributed by atoms with van der Waals surface area (Å²) in [6.07, 6.45) is 12.0. The lowest BCUT2D eigenvalue weighted by atomic mass is 9.72. The lowest BCUT2D eigenvalue weighted by Gasteiger charge is -2.42. The number of piperidine rings is 3. The number of carbonyl (C=O) groups is 4. The van der Waals surface area contributed by atoms with E-state index in [0.29, 0.717) is 55.6 Å². The number of sulfonamides is 1. The number of fused-ring (bicyclic) bond motifs is 2. The van der Waals surface area contributed by atoms with E-state index < -0.39 is 43.4 Å². The average Bonchev–Trinajstić information content (AvgIpc) is 2.60. The Kier molecular flexibility index (Phi) is 18.5. The molecule has 4 N–H and O–H groups in total. The second-order valence-electron chi connectivity index (χ2n) is 25.3. The van der Waals surface area contributed by atoms with E-state index in [2.05, 4.69) is 70.9 Å². The highest BCUT2D eigenvalue weighted by atomic mass is 35.5. The lowest BCUT2D eigenvalue weighted by Crippen LogP contribution is -2.52. The molecule has 1 atom stereocenters. The van der Waals surface area contributed by atoms with E-state index in [1.807, 2.05) is 36.4 Å². The lowest BCUT2D eigenvalue weighted by molar-refractivity contribution is -0.384. The maximum atomic E-state index is 14.2. The van der Waals surface area contributed by atoms with Crippen molar-refractivity contribution in [3.05, 3.63) is 146 Å². The van der Waals surface area contributed by atoms with Crippen LogP contribution in [-0.2, 0) is 26.2 Å². The largest absolute Gasteiger partial charge is 0.455 e. The summed E-state index contributed by atoms with van der Waals surface area (Å²) in [4.78, 5) is 83.3. The number of benzene rings is 4. The minimum absolute atomic E-state index is 0.0456. The van der Waals surface area contributed by atoms with Gasteiger partial charge in [-0.3, -0.25) is 39.5 Å². The van der Waals surface area contributed by atoms with Crippen LogP contribution < -0.4 is 25.0 Å². The summed E-state index contributed by atoms with van der Waals surface area (Å²) < 4.78 is 36.6. The minimum Gasteiger partial charge on any atom is -0.455 e. The number of hydrogen-bond donors (Lipinski definition) is 4.